The minimum absolute atomic E-state index is 0. The van der Waals surface area contributed by atoms with Gasteiger partial charge in [0, 0.05) is 23.3 Å². The minimum atomic E-state index is -0.406. The number of ketones is 1. The van der Waals surface area contributed by atoms with Crippen LogP contribution in [0.25, 0.3) is 0 Å². The van der Waals surface area contributed by atoms with Gasteiger partial charge in [-0.05, 0) is 82.0 Å². The molecule has 4 fully saturated rings. The Balaban J connectivity index is 0.00000256. The van der Waals surface area contributed by atoms with Gasteiger partial charge < -0.3 is 15.8 Å². The molecule has 0 amide bonds. The van der Waals surface area contributed by atoms with E-state index in [4.69, 9.17) is 10.6 Å². The largest absolute Gasteiger partial charge is 0.411 e. The smallest absolute Gasteiger partial charge is 0.139 e. The third-order valence-corrected chi connectivity index (χ3v) is 8.79. The van der Waals surface area contributed by atoms with Crippen molar-refractivity contribution < 1.29 is 14.8 Å². The molecule has 0 bridgehead atoms. The van der Waals surface area contributed by atoms with Crippen LogP contribution in [0.3, 0.4) is 0 Å². The first-order chi connectivity index (χ1) is 13.6. The Kier molecular flexibility index (Phi) is 6.34. The zero-order chi connectivity index (χ0) is 21.0. The van der Waals surface area contributed by atoms with Crippen molar-refractivity contribution in [2.24, 2.45) is 50.5 Å². The number of carbonyl (C=O) groups excluding carboxylic acids is 1. The van der Waals surface area contributed by atoms with Gasteiger partial charge in [-0.25, -0.2) is 0 Å². The fraction of sp³-hybridized carbons (Fsp3) is 0.870. The molecule has 4 rings (SSSR count). The number of hydrogen-bond donors (Lipinski definition) is 2. The highest BCUT2D eigenvalue weighted by molar-refractivity contribution is 5.96. The summed E-state index contributed by atoms with van der Waals surface area (Å²) in [5, 5.41) is 18.1. The SMILES string of the molecule is CC(C)(N)CO/N=C1/CC[C@@]2(C)C(C1)/C(=N/O)C[C@@H]1[C@@H]2CC[C@]2(C)C(=O)CC[C@@H]12.Cl. The molecule has 0 heterocycles. The molecule has 6 nitrogen and oxygen atoms in total. The molecule has 0 saturated heterocycles. The van der Waals surface area contributed by atoms with E-state index in [1.165, 1.54) is 0 Å². The topological polar surface area (TPSA) is 97.3 Å². The quantitative estimate of drug-likeness (QED) is 0.497. The van der Waals surface area contributed by atoms with Gasteiger partial charge in [0.25, 0.3) is 0 Å². The average Bonchev–Trinajstić information content (AvgIpc) is 2.95. The van der Waals surface area contributed by atoms with E-state index in [1.54, 1.807) is 0 Å². The van der Waals surface area contributed by atoms with Gasteiger partial charge in [0.2, 0.25) is 0 Å². The predicted octanol–water partition coefficient (Wildman–Crippen LogP) is 4.57. The summed E-state index contributed by atoms with van der Waals surface area (Å²) in [5.41, 5.74) is 7.48. The van der Waals surface area contributed by atoms with Crippen LogP contribution >= 0.6 is 12.4 Å². The number of nitrogens with zero attached hydrogens (tertiary/aromatic N) is 2. The van der Waals surface area contributed by atoms with Gasteiger partial charge in [-0.15, -0.1) is 12.4 Å². The average molecular weight is 440 g/mol. The van der Waals surface area contributed by atoms with Gasteiger partial charge in [0.15, 0.2) is 0 Å². The van der Waals surface area contributed by atoms with Crippen LogP contribution in [0, 0.1) is 34.5 Å². The van der Waals surface area contributed by atoms with Crippen molar-refractivity contribution >= 4 is 29.6 Å². The minimum Gasteiger partial charge on any atom is -0.411 e. The maximum Gasteiger partial charge on any atom is 0.139 e. The lowest BCUT2D eigenvalue weighted by Crippen LogP contribution is -2.56. The Hall–Kier alpha value is -1.14. The van der Waals surface area contributed by atoms with Gasteiger partial charge in [-0.2, -0.15) is 0 Å². The number of carbonyl (C=O) groups is 1. The van der Waals surface area contributed by atoms with Crippen molar-refractivity contribution in [3.05, 3.63) is 0 Å². The predicted molar refractivity (Wildman–Crippen MR) is 120 cm³/mol. The van der Waals surface area contributed by atoms with Crippen molar-refractivity contribution in [3.8, 4) is 0 Å². The first-order valence-corrected chi connectivity index (χ1v) is 11.3. The number of hydrogen-bond acceptors (Lipinski definition) is 6. The monoisotopic (exact) mass is 439 g/mol. The lowest BCUT2D eigenvalue weighted by atomic mass is 9.45. The second kappa shape index (κ2) is 8.09. The second-order valence-electron chi connectivity index (χ2n) is 11.3. The Morgan fingerprint density at radius 1 is 1.17 bits per heavy atom. The Bertz CT molecular complexity index is 746. The lowest BCUT2D eigenvalue weighted by molar-refractivity contribution is -0.133. The third kappa shape index (κ3) is 3.79. The lowest BCUT2D eigenvalue weighted by Gasteiger charge is -2.59. The van der Waals surface area contributed by atoms with Crippen LogP contribution < -0.4 is 5.73 Å². The van der Waals surface area contributed by atoms with Crippen molar-refractivity contribution in [2.75, 3.05) is 6.61 Å². The van der Waals surface area contributed by atoms with E-state index in [0.717, 1.165) is 62.8 Å². The summed E-state index contributed by atoms with van der Waals surface area (Å²) in [7, 11) is 0. The summed E-state index contributed by atoms with van der Waals surface area (Å²) in [6, 6.07) is 0. The highest BCUT2D eigenvalue weighted by Crippen LogP contribution is 2.64. The normalized spacial score (nSPS) is 43.6. The fourth-order valence-corrected chi connectivity index (χ4v) is 7.13. The molecule has 3 N–H and O–H groups in total. The Morgan fingerprint density at radius 2 is 1.90 bits per heavy atom. The van der Waals surface area contributed by atoms with Crippen LogP contribution in [0.4, 0.5) is 0 Å². The summed E-state index contributed by atoms with van der Waals surface area (Å²) in [5.74, 6) is 2.15. The molecule has 4 saturated carbocycles. The molecule has 0 aromatic heterocycles. The van der Waals surface area contributed by atoms with Crippen LogP contribution in [-0.2, 0) is 9.63 Å². The number of Topliss-reactive ketones (excluding diaryl/α,β-unsaturated/α-hetero) is 1. The van der Waals surface area contributed by atoms with E-state index in [0.29, 0.717) is 30.1 Å². The molecule has 0 aromatic rings. The van der Waals surface area contributed by atoms with Crippen molar-refractivity contribution in [1.82, 2.24) is 0 Å². The van der Waals surface area contributed by atoms with Crippen molar-refractivity contribution in [1.29, 1.82) is 0 Å². The number of oxime groups is 2. The van der Waals surface area contributed by atoms with E-state index >= 15 is 0 Å². The molecular formula is C23H38ClN3O3. The van der Waals surface area contributed by atoms with Gasteiger partial charge in [0.05, 0.1) is 11.4 Å². The zero-order valence-electron chi connectivity index (χ0n) is 18.8. The second-order valence-corrected chi connectivity index (χ2v) is 11.3. The van der Waals surface area contributed by atoms with Gasteiger partial charge in [-0.1, -0.05) is 24.2 Å². The molecule has 170 valence electrons. The standard InChI is InChI=1S/C23H37N3O3.ClH/c1-21(2,24)13-29-26-14-7-9-22(3)17-8-10-23(4)16(5-6-20(23)27)15(17)12-19(25-28)18(22)11-14;/h15-18,28H,5-13,24H2,1-4H3;1H/b25-19+,26-14-;/t15-,16-,17-,18?,22+,23-;/m0./s1. The van der Waals surface area contributed by atoms with Gasteiger partial charge in [0.1, 0.15) is 12.4 Å². The summed E-state index contributed by atoms with van der Waals surface area (Å²) >= 11 is 0. The molecular weight excluding hydrogens is 402 g/mol. The summed E-state index contributed by atoms with van der Waals surface area (Å²) < 4.78 is 0. The third-order valence-electron chi connectivity index (χ3n) is 8.79. The fourth-order valence-electron chi connectivity index (χ4n) is 7.13. The van der Waals surface area contributed by atoms with Gasteiger partial charge >= 0.3 is 0 Å². The van der Waals surface area contributed by atoms with E-state index in [9.17, 15) is 10.0 Å². The van der Waals surface area contributed by atoms with Crippen LogP contribution in [-0.4, -0.2) is 34.6 Å². The Morgan fingerprint density at radius 3 is 2.57 bits per heavy atom. The number of halogens is 1. The van der Waals surface area contributed by atoms with E-state index < -0.39 is 5.54 Å². The maximum absolute atomic E-state index is 12.6. The summed E-state index contributed by atoms with van der Waals surface area (Å²) in [6.45, 7) is 8.81. The molecule has 0 aliphatic heterocycles. The number of fused-ring (bicyclic) bond motifs is 5. The molecule has 0 radical (unpaired) electrons. The van der Waals surface area contributed by atoms with Crippen LogP contribution in [0.15, 0.2) is 10.3 Å². The van der Waals surface area contributed by atoms with Crippen molar-refractivity contribution in [2.45, 2.75) is 84.6 Å². The maximum atomic E-state index is 12.6. The highest BCUT2D eigenvalue weighted by Gasteiger charge is 2.61. The molecule has 0 aromatic carbocycles. The molecule has 4 aliphatic carbocycles. The molecule has 30 heavy (non-hydrogen) atoms. The molecule has 4 aliphatic rings. The number of rotatable bonds is 3. The van der Waals surface area contributed by atoms with E-state index in [1.807, 2.05) is 13.8 Å². The van der Waals surface area contributed by atoms with E-state index in [2.05, 4.69) is 24.2 Å². The Labute approximate surface area is 186 Å². The summed E-state index contributed by atoms with van der Waals surface area (Å²) in [6.07, 6.45) is 7.42. The van der Waals surface area contributed by atoms with Crippen LogP contribution in [0.2, 0.25) is 0 Å². The molecule has 1 unspecified atom stereocenters. The van der Waals surface area contributed by atoms with Crippen molar-refractivity contribution in [3.63, 3.8) is 0 Å². The molecule has 7 heteroatoms. The zero-order valence-corrected chi connectivity index (χ0v) is 19.6. The van der Waals surface area contributed by atoms with E-state index in [-0.39, 0.29) is 29.2 Å². The van der Waals surface area contributed by atoms with Crippen LogP contribution in [0.1, 0.15) is 79.1 Å². The number of nitrogens with two attached hydrogens (primary N) is 1. The summed E-state index contributed by atoms with van der Waals surface area (Å²) in [4.78, 5) is 18.1. The van der Waals surface area contributed by atoms with Crippen LogP contribution in [0.5, 0.6) is 0 Å². The first-order valence-electron chi connectivity index (χ1n) is 11.3. The molecule has 6 atom stereocenters. The first kappa shape index (κ1) is 23.5. The molecule has 0 spiro atoms. The van der Waals surface area contributed by atoms with Gasteiger partial charge in [-0.3, -0.25) is 4.79 Å². The highest BCUT2D eigenvalue weighted by atomic mass is 35.5.